The van der Waals surface area contributed by atoms with E-state index in [1.54, 1.807) is 0 Å². The van der Waals surface area contributed by atoms with Gasteiger partial charge < -0.3 is 23.8 Å². The van der Waals surface area contributed by atoms with E-state index < -0.39 is 28.8 Å². The van der Waals surface area contributed by atoms with Crippen LogP contribution in [-0.4, -0.2) is 64.5 Å². The zero-order valence-corrected chi connectivity index (χ0v) is 35.7. The molecule has 3 aliphatic carbocycles. The van der Waals surface area contributed by atoms with E-state index in [2.05, 4.69) is 163 Å². The molecule has 5 nitrogen and oxygen atoms in total. The SMILES string of the molecule is CC(C)(C)[Si](OC[C@@H]1C[C@H]2C[C@@H]3C[C@@H]4O[C@@H]4C[C@@H]3[C@@H](O)[C@H]2[C@@H](O)[C@H]1CO[Si](c1ccccc1)(c1ccccc1)C(C)(C)C)(c1ccccc1)c1ccccc1. The summed E-state index contributed by atoms with van der Waals surface area (Å²) in [7, 11) is -5.75. The Kier molecular flexibility index (Phi) is 10.7. The molecule has 4 fully saturated rings. The van der Waals surface area contributed by atoms with Crippen molar-refractivity contribution in [3.8, 4) is 0 Å². The third-order valence-corrected chi connectivity index (χ3v) is 24.2. The van der Waals surface area contributed by atoms with E-state index in [-0.39, 0.29) is 45.8 Å². The monoisotopic (exact) mass is 774 g/mol. The Labute approximate surface area is 331 Å². The van der Waals surface area contributed by atoms with E-state index in [4.69, 9.17) is 13.6 Å². The number of fused-ring (bicyclic) bond motifs is 3. The van der Waals surface area contributed by atoms with Crippen molar-refractivity contribution in [3.63, 3.8) is 0 Å². The zero-order chi connectivity index (χ0) is 38.6. The number of ether oxygens (including phenoxy) is 1. The Bertz CT molecular complexity index is 1780. The second kappa shape index (κ2) is 15.1. The van der Waals surface area contributed by atoms with Gasteiger partial charge >= 0.3 is 0 Å². The summed E-state index contributed by atoms with van der Waals surface area (Å²) in [5.74, 6) is 0.499. The van der Waals surface area contributed by atoms with Crippen LogP contribution in [0.2, 0.25) is 10.1 Å². The summed E-state index contributed by atoms with van der Waals surface area (Å²) in [5, 5.41) is 29.7. The van der Waals surface area contributed by atoms with Crippen molar-refractivity contribution < 1.29 is 23.8 Å². The first-order valence-electron chi connectivity index (χ1n) is 20.9. The van der Waals surface area contributed by atoms with E-state index in [9.17, 15) is 10.2 Å². The van der Waals surface area contributed by atoms with Gasteiger partial charge in [-0.15, -0.1) is 0 Å². The van der Waals surface area contributed by atoms with Gasteiger partial charge in [-0.3, -0.25) is 0 Å². The third-order valence-electron chi connectivity index (χ3n) is 14.2. The van der Waals surface area contributed by atoms with Crippen LogP contribution in [0.15, 0.2) is 121 Å². The highest BCUT2D eigenvalue weighted by atomic mass is 28.4. The molecular formula is C48H62O5Si2. The predicted octanol–water partition coefficient (Wildman–Crippen LogP) is 6.93. The first-order valence-corrected chi connectivity index (χ1v) is 24.7. The molecule has 10 atom stereocenters. The molecule has 2 N–H and O–H groups in total. The Morgan fingerprint density at radius 2 is 0.945 bits per heavy atom. The minimum atomic E-state index is -2.90. The van der Waals surface area contributed by atoms with Gasteiger partial charge in [-0.25, -0.2) is 0 Å². The second-order valence-corrected chi connectivity index (χ2v) is 27.9. The first kappa shape index (κ1) is 39.0. The number of epoxide rings is 1. The fourth-order valence-corrected chi connectivity index (χ4v) is 20.8. The number of rotatable bonds is 10. The molecule has 55 heavy (non-hydrogen) atoms. The molecule has 8 rings (SSSR count). The Balaban J connectivity index is 1.19. The third kappa shape index (κ3) is 6.96. The molecule has 1 saturated heterocycles. The number of hydrogen-bond donors (Lipinski definition) is 2. The lowest BCUT2D eigenvalue weighted by Gasteiger charge is -2.55. The molecule has 0 amide bonds. The molecule has 4 aromatic carbocycles. The van der Waals surface area contributed by atoms with Crippen LogP contribution in [0.25, 0.3) is 0 Å². The summed E-state index contributed by atoms with van der Waals surface area (Å²) in [4.78, 5) is 0. The van der Waals surface area contributed by atoms with E-state index >= 15 is 0 Å². The van der Waals surface area contributed by atoms with Crippen molar-refractivity contribution in [2.24, 2.45) is 35.5 Å². The minimum Gasteiger partial charge on any atom is -0.407 e. The normalized spacial score (nSPS) is 30.8. The zero-order valence-electron chi connectivity index (χ0n) is 33.7. The maximum atomic E-state index is 12.8. The van der Waals surface area contributed by atoms with Gasteiger partial charge in [0.25, 0.3) is 16.6 Å². The Morgan fingerprint density at radius 1 is 0.527 bits per heavy atom. The standard InChI is InChI=1S/C48H62O5Si2/c1-47(2,3)54(36-19-11-7-12-20-36,37-21-13-8-14-22-37)51-31-35-28-34-27-33-29-42-43(53-42)30-40(33)45(49)44(34)46(50)41(35)32-52-55(48(4,5)6,38-23-15-9-16-24-38)39-25-17-10-18-26-39/h7-26,33-35,40-46,49-50H,27-32H2,1-6H3/t33-,34-,35+,40+,41+,42+,43-,44+,45-,46+/m1/s1. The maximum absolute atomic E-state index is 12.8. The fourth-order valence-electron chi connectivity index (χ4n) is 11.6. The van der Waals surface area contributed by atoms with E-state index in [0.29, 0.717) is 25.2 Å². The number of hydrogen-bond acceptors (Lipinski definition) is 5. The maximum Gasteiger partial charge on any atom is 0.261 e. The van der Waals surface area contributed by atoms with Crippen LogP contribution in [0.5, 0.6) is 0 Å². The molecule has 0 radical (unpaired) electrons. The van der Waals surface area contributed by atoms with E-state index in [1.807, 2.05) is 0 Å². The molecule has 0 unspecified atom stereocenters. The van der Waals surface area contributed by atoms with Gasteiger partial charge in [0.2, 0.25) is 0 Å². The Hall–Kier alpha value is -2.89. The van der Waals surface area contributed by atoms with Crippen LogP contribution >= 0.6 is 0 Å². The average Bonchev–Trinajstić information content (AvgIpc) is 3.94. The highest BCUT2D eigenvalue weighted by molar-refractivity contribution is 7.00. The van der Waals surface area contributed by atoms with Gasteiger partial charge in [0, 0.05) is 25.0 Å². The molecule has 1 aliphatic heterocycles. The fraction of sp³-hybridized carbons (Fsp3) is 0.500. The van der Waals surface area contributed by atoms with Crippen molar-refractivity contribution in [1.29, 1.82) is 0 Å². The summed E-state index contributed by atoms with van der Waals surface area (Å²) < 4.78 is 21.4. The predicted molar refractivity (Wildman–Crippen MR) is 227 cm³/mol. The average molecular weight is 775 g/mol. The molecule has 0 spiro atoms. The van der Waals surface area contributed by atoms with E-state index in [1.165, 1.54) is 20.7 Å². The highest BCUT2D eigenvalue weighted by Gasteiger charge is 2.60. The van der Waals surface area contributed by atoms with Gasteiger partial charge in [0.1, 0.15) is 0 Å². The molecule has 0 aromatic heterocycles. The van der Waals surface area contributed by atoms with E-state index in [0.717, 1.165) is 25.7 Å². The van der Waals surface area contributed by atoms with Crippen LogP contribution in [0.3, 0.4) is 0 Å². The van der Waals surface area contributed by atoms with Gasteiger partial charge in [-0.2, -0.15) is 0 Å². The summed E-state index contributed by atoms with van der Waals surface area (Å²) in [6.45, 7) is 14.9. The second-order valence-electron chi connectivity index (χ2n) is 19.3. The van der Waals surface area contributed by atoms with Crippen molar-refractivity contribution in [1.82, 2.24) is 0 Å². The first-order chi connectivity index (χ1) is 26.3. The summed E-state index contributed by atoms with van der Waals surface area (Å²) >= 11 is 0. The largest absolute Gasteiger partial charge is 0.407 e. The van der Waals surface area contributed by atoms with Crippen LogP contribution in [-0.2, 0) is 13.6 Å². The van der Waals surface area contributed by atoms with Crippen LogP contribution in [0.1, 0.15) is 67.2 Å². The summed E-state index contributed by atoms with van der Waals surface area (Å²) in [5.41, 5.74) is 0. The minimum absolute atomic E-state index is 0.0494. The lowest BCUT2D eigenvalue weighted by Crippen LogP contribution is -2.68. The molecule has 3 saturated carbocycles. The van der Waals surface area contributed by atoms with Crippen LogP contribution in [0, 0.1) is 35.5 Å². The lowest BCUT2D eigenvalue weighted by atomic mass is 9.54. The lowest BCUT2D eigenvalue weighted by molar-refractivity contribution is -0.160. The number of aliphatic hydroxyl groups excluding tert-OH is 2. The van der Waals surface area contributed by atoms with Crippen molar-refractivity contribution in [2.75, 3.05) is 13.2 Å². The molecule has 7 heteroatoms. The summed E-state index contributed by atoms with van der Waals surface area (Å²) in [6.07, 6.45) is 3.29. The van der Waals surface area contributed by atoms with Gasteiger partial charge in [0.05, 0.1) is 24.4 Å². The molecule has 0 bridgehead atoms. The molecule has 1 heterocycles. The van der Waals surface area contributed by atoms with Crippen molar-refractivity contribution >= 4 is 37.4 Å². The van der Waals surface area contributed by atoms with Crippen LogP contribution in [0.4, 0.5) is 0 Å². The molecule has 4 aliphatic rings. The van der Waals surface area contributed by atoms with Gasteiger partial charge in [0.15, 0.2) is 0 Å². The van der Waals surface area contributed by atoms with Gasteiger partial charge in [-0.1, -0.05) is 163 Å². The van der Waals surface area contributed by atoms with Crippen LogP contribution < -0.4 is 20.7 Å². The smallest absolute Gasteiger partial charge is 0.261 e. The van der Waals surface area contributed by atoms with Crippen molar-refractivity contribution in [2.45, 2.75) is 102 Å². The Morgan fingerprint density at radius 3 is 1.38 bits per heavy atom. The number of aliphatic hydroxyl groups is 2. The summed E-state index contributed by atoms with van der Waals surface area (Å²) in [6, 6.07) is 43.4. The molecule has 292 valence electrons. The topological polar surface area (TPSA) is 71.5 Å². The van der Waals surface area contributed by atoms with Crippen molar-refractivity contribution in [3.05, 3.63) is 121 Å². The number of benzene rings is 4. The molecule has 4 aromatic rings. The molecular weight excluding hydrogens is 713 g/mol. The highest BCUT2D eigenvalue weighted by Crippen LogP contribution is 2.56. The quantitative estimate of drug-likeness (QED) is 0.135. The van der Waals surface area contributed by atoms with Gasteiger partial charge in [-0.05, 0) is 80.2 Å².